The molecule has 0 radical (unpaired) electrons. The molecule has 0 aliphatic carbocycles. The molecule has 0 fully saturated rings. The second-order valence-electron chi connectivity index (χ2n) is 2.54. The number of allylic oxidation sites excluding steroid dienone is 1. The molecule has 0 nitrogen and oxygen atoms in total. The maximum absolute atomic E-state index is 3.92. The number of rotatable bonds is 1. The largest absolute Gasteiger partial charge is 0.0988 e. The lowest BCUT2D eigenvalue weighted by atomic mass is 10.1. The minimum absolute atomic E-state index is 1.06. The smallest absolute Gasteiger partial charge is 0.0161 e. The Morgan fingerprint density at radius 3 is 1.93 bits per heavy atom. The Balaban J connectivity index is 0. The summed E-state index contributed by atoms with van der Waals surface area (Å²) in [7, 11) is 0. The predicted molar refractivity (Wildman–Crippen MR) is 73.2 cm³/mol. The maximum Gasteiger partial charge on any atom is -0.0161 e. The van der Waals surface area contributed by atoms with Gasteiger partial charge in [-0.2, -0.15) is 0 Å². The van der Waals surface area contributed by atoms with E-state index in [1.54, 1.807) is 0 Å². The average molecular weight is 204 g/mol. The van der Waals surface area contributed by atoms with Gasteiger partial charge in [-0.3, -0.25) is 0 Å². The minimum atomic E-state index is 1.06. The summed E-state index contributed by atoms with van der Waals surface area (Å²) in [5, 5.41) is 2.24. The van der Waals surface area contributed by atoms with Crippen LogP contribution in [-0.2, 0) is 0 Å². The molecule has 0 unspecified atom stereocenters. The second-order valence-corrected chi connectivity index (χ2v) is 2.54. The Kier molecular flexibility index (Phi) is 11.6. The van der Waals surface area contributed by atoms with E-state index in [1.807, 2.05) is 58.9 Å². The number of benzene rings is 1. The highest BCUT2D eigenvalue weighted by molar-refractivity contribution is 5.53. The van der Waals surface area contributed by atoms with Crippen molar-refractivity contribution in [2.75, 3.05) is 0 Å². The predicted octanol–water partition coefficient (Wildman–Crippen LogP) is 3.51. The highest BCUT2D eigenvalue weighted by atomic mass is 13.9. The van der Waals surface area contributed by atoms with Crippen LogP contribution in [-0.4, -0.2) is 0 Å². The fraction of sp³-hybridized carbons (Fsp3) is 0.333. The topological polar surface area (TPSA) is 0 Å². The van der Waals surface area contributed by atoms with Crippen LogP contribution in [0.2, 0.25) is 0 Å². The molecular weight excluding hydrogens is 180 g/mol. The van der Waals surface area contributed by atoms with Crippen molar-refractivity contribution >= 4 is 12.2 Å². The molecule has 0 spiro atoms. The van der Waals surface area contributed by atoms with Gasteiger partial charge in [0.1, 0.15) is 0 Å². The molecule has 0 saturated carbocycles. The molecule has 84 valence electrons. The fourth-order valence-corrected chi connectivity index (χ4v) is 1.01. The molecule has 0 heteroatoms. The summed E-state index contributed by atoms with van der Waals surface area (Å²) in [4.78, 5) is 0. The zero-order chi connectivity index (χ0) is 12.3. The standard InChI is InChI=1S/C11H12.2C2H6/c1-4-9(2)11-8-6-5-7-10(11)3;2*1-2/h4-8H,1,3H2,2H3;2*1-2H3/b11-9-;;. The van der Waals surface area contributed by atoms with E-state index in [4.69, 9.17) is 0 Å². The van der Waals surface area contributed by atoms with Crippen molar-refractivity contribution in [3.8, 4) is 0 Å². The first kappa shape index (κ1) is 16.1. The van der Waals surface area contributed by atoms with E-state index in [-0.39, 0.29) is 0 Å². The first-order valence-electron chi connectivity index (χ1n) is 5.63. The molecular formula is C15H24. The summed E-state index contributed by atoms with van der Waals surface area (Å²) >= 11 is 0. The molecule has 0 atom stereocenters. The van der Waals surface area contributed by atoms with E-state index < -0.39 is 0 Å². The lowest BCUT2D eigenvalue weighted by Gasteiger charge is -1.91. The van der Waals surface area contributed by atoms with Gasteiger partial charge in [-0.1, -0.05) is 71.2 Å². The average Bonchev–Trinajstić information content (AvgIpc) is 2.34. The van der Waals surface area contributed by atoms with Crippen LogP contribution < -0.4 is 10.4 Å². The lowest BCUT2D eigenvalue weighted by Crippen LogP contribution is -2.23. The summed E-state index contributed by atoms with van der Waals surface area (Å²) in [6.07, 6.45) is 1.85. The number of hydrogen-bond donors (Lipinski definition) is 0. The van der Waals surface area contributed by atoms with Gasteiger partial charge >= 0.3 is 0 Å². The van der Waals surface area contributed by atoms with Gasteiger partial charge in [0.05, 0.1) is 0 Å². The van der Waals surface area contributed by atoms with E-state index in [0.717, 1.165) is 5.22 Å². The van der Waals surface area contributed by atoms with Gasteiger partial charge in [0.15, 0.2) is 0 Å². The van der Waals surface area contributed by atoms with E-state index in [1.165, 1.54) is 10.8 Å². The molecule has 0 N–H and O–H groups in total. The maximum atomic E-state index is 3.92. The van der Waals surface area contributed by atoms with Crippen molar-refractivity contribution in [2.24, 2.45) is 0 Å². The first-order valence-corrected chi connectivity index (χ1v) is 5.63. The van der Waals surface area contributed by atoms with E-state index in [2.05, 4.69) is 19.2 Å². The van der Waals surface area contributed by atoms with E-state index >= 15 is 0 Å². The quantitative estimate of drug-likeness (QED) is 0.657. The SMILES string of the molecule is C=C/C(C)=c1/ccccc1=C.CC.CC. The van der Waals surface area contributed by atoms with E-state index in [0.29, 0.717) is 0 Å². The minimum Gasteiger partial charge on any atom is -0.0988 e. The summed E-state index contributed by atoms with van der Waals surface area (Å²) in [6.45, 7) is 17.7. The van der Waals surface area contributed by atoms with Gasteiger partial charge in [-0.05, 0) is 22.9 Å². The normalized spacial score (nSPS) is 9.93. The third kappa shape index (κ3) is 5.90. The second kappa shape index (κ2) is 10.8. The van der Waals surface area contributed by atoms with Crippen molar-refractivity contribution in [3.63, 3.8) is 0 Å². The molecule has 1 rings (SSSR count). The highest BCUT2D eigenvalue weighted by Crippen LogP contribution is 1.87. The zero-order valence-corrected chi connectivity index (χ0v) is 10.8. The molecule has 1 aromatic rings. The van der Waals surface area contributed by atoms with Gasteiger partial charge in [0.2, 0.25) is 0 Å². The summed E-state index contributed by atoms with van der Waals surface area (Å²) < 4.78 is 0. The van der Waals surface area contributed by atoms with Gasteiger partial charge < -0.3 is 0 Å². The van der Waals surface area contributed by atoms with Gasteiger partial charge in [-0.25, -0.2) is 0 Å². The fourth-order valence-electron chi connectivity index (χ4n) is 1.01. The first-order chi connectivity index (χ1) is 7.25. The summed E-state index contributed by atoms with van der Waals surface area (Å²) in [5.41, 5.74) is 1.18. The third-order valence-electron chi connectivity index (χ3n) is 1.75. The molecule has 0 aliphatic heterocycles. The van der Waals surface area contributed by atoms with Crippen LogP contribution in [0.1, 0.15) is 34.6 Å². The molecule has 0 amide bonds. The molecule has 0 aliphatic rings. The van der Waals surface area contributed by atoms with Gasteiger partial charge in [0.25, 0.3) is 0 Å². The molecule has 0 aromatic heterocycles. The Morgan fingerprint density at radius 2 is 1.53 bits per heavy atom. The molecule has 0 bridgehead atoms. The lowest BCUT2D eigenvalue weighted by molar-refractivity contribution is 1.49. The van der Waals surface area contributed by atoms with Crippen molar-refractivity contribution in [2.45, 2.75) is 34.6 Å². The van der Waals surface area contributed by atoms with Crippen molar-refractivity contribution in [1.29, 1.82) is 0 Å². The van der Waals surface area contributed by atoms with Crippen LogP contribution in [0.15, 0.2) is 36.9 Å². The van der Waals surface area contributed by atoms with E-state index in [9.17, 15) is 0 Å². The molecule has 0 heterocycles. The van der Waals surface area contributed by atoms with Crippen molar-refractivity contribution in [3.05, 3.63) is 47.4 Å². The van der Waals surface area contributed by atoms with Crippen LogP contribution in [0.4, 0.5) is 0 Å². The third-order valence-corrected chi connectivity index (χ3v) is 1.75. The van der Waals surface area contributed by atoms with Crippen molar-refractivity contribution in [1.82, 2.24) is 0 Å². The number of hydrogen-bond acceptors (Lipinski definition) is 0. The van der Waals surface area contributed by atoms with Crippen LogP contribution >= 0.6 is 0 Å². The molecule has 15 heavy (non-hydrogen) atoms. The van der Waals surface area contributed by atoms with Crippen LogP contribution in [0.3, 0.4) is 0 Å². The molecule has 0 saturated heterocycles. The Labute approximate surface area is 94.7 Å². The Morgan fingerprint density at radius 1 is 1.07 bits per heavy atom. The van der Waals surface area contributed by atoms with Crippen LogP contribution in [0, 0.1) is 0 Å². The van der Waals surface area contributed by atoms with Crippen LogP contribution in [0.25, 0.3) is 12.2 Å². The van der Waals surface area contributed by atoms with Crippen LogP contribution in [0.5, 0.6) is 0 Å². The zero-order valence-electron chi connectivity index (χ0n) is 10.8. The van der Waals surface area contributed by atoms with Crippen molar-refractivity contribution < 1.29 is 0 Å². The van der Waals surface area contributed by atoms with Gasteiger partial charge in [0, 0.05) is 0 Å². The Hall–Kier alpha value is -1.30. The van der Waals surface area contributed by atoms with Gasteiger partial charge in [-0.15, -0.1) is 0 Å². The summed E-state index contributed by atoms with van der Waals surface area (Å²) in [6, 6.07) is 8.06. The summed E-state index contributed by atoms with van der Waals surface area (Å²) in [5.74, 6) is 0. The monoisotopic (exact) mass is 204 g/mol. The Bertz CT molecular complexity index is 358. The highest BCUT2D eigenvalue weighted by Gasteiger charge is 1.83. The molecule has 1 aromatic carbocycles.